The number of carbonyl (C=O) groups is 1. The van der Waals surface area contributed by atoms with Gasteiger partial charge in [0.25, 0.3) is 0 Å². The summed E-state index contributed by atoms with van der Waals surface area (Å²) in [5.41, 5.74) is 2.26. The molecule has 1 amide bonds. The maximum atomic E-state index is 12.2. The summed E-state index contributed by atoms with van der Waals surface area (Å²) in [4.78, 5) is 18.6. The van der Waals surface area contributed by atoms with Crippen LogP contribution in [-0.2, 0) is 4.79 Å². The molecule has 1 saturated heterocycles. The summed E-state index contributed by atoms with van der Waals surface area (Å²) in [7, 11) is 1.67. The van der Waals surface area contributed by atoms with Crippen LogP contribution in [0.5, 0.6) is 5.75 Å². The number of nitrogens with one attached hydrogen (secondary N) is 1. The molecular weight excluding hydrogens is 290 g/mol. The van der Waals surface area contributed by atoms with Crippen molar-refractivity contribution >= 4 is 11.7 Å². The summed E-state index contributed by atoms with van der Waals surface area (Å²) in [5, 5.41) is 2.85. The number of anilines is 1. The SMILES string of the molecule is COc1cccc([C@@H]2CCN2CC(=O)Nc2ccc(C)cn2)c1. The monoisotopic (exact) mass is 311 g/mol. The summed E-state index contributed by atoms with van der Waals surface area (Å²) in [6.07, 6.45) is 2.81. The zero-order valence-electron chi connectivity index (χ0n) is 13.5. The Hall–Kier alpha value is -2.40. The number of ether oxygens (including phenoxy) is 1. The molecule has 1 fully saturated rings. The summed E-state index contributed by atoms with van der Waals surface area (Å²) < 4.78 is 5.27. The number of nitrogens with zero attached hydrogens (tertiary/aromatic N) is 2. The van der Waals surface area contributed by atoms with Gasteiger partial charge in [-0.2, -0.15) is 0 Å². The van der Waals surface area contributed by atoms with Gasteiger partial charge in [-0.1, -0.05) is 18.2 Å². The van der Waals surface area contributed by atoms with Gasteiger partial charge in [-0.15, -0.1) is 0 Å². The van der Waals surface area contributed by atoms with Crippen molar-refractivity contribution in [3.8, 4) is 5.75 Å². The number of carbonyl (C=O) groups excluding carboxylic acids is 1. The molecule has 0 bridgehead atoms. The molecule has 0 spiro atoms. The molecule has 120 valence electrons. The molecule has 5 heteroatoms. The number of likely N-dealkylation sites (tertiary alicyclic amines) is 1. The Morgan fingerprint density at radius 3 is 2.91 bits per heavy atom. The standard InChI is InChI=1S/C18H21N3O2/c1-13-6-7-17(19-11-13)20-18(22)12-21-9-8-16(21)14-4-3-5-15(10-14)23-2/h3-7,10-11,16H,8-9,12H2,1-2H3,(H,19,20,22)/t16-/m0/s1. The van der Waals surface area contributed by atoms with Crippen molar-refractivity contribution in [3.05, 3.63) is 53.7 Å². The van der Waals surface area contributed by atoms with Gasteiger partial charge >= 0.3 is 0 Å². The van der Waals surface area contributed by atoms with E-state index in [0.29, 0.717) is 12.4 Å². The van der Waals surface area contributed by atoms with Crippen LogP contribution in [0.1, 0.15) is 23.6 Å². The molecule has 1 aromatic heterocycles. The number of methoxy groups -OCH3 is 1. The Morgan fingerprint density at radius 2 is 2.26 bits per heavy atom. The van der Waals surface area contributed by atoms with Crippen LogP contribution >= 0.6 is 0 Å². The first-order valence-corrected chi connectivity index (χ1v) is 7.76. The number of hydrogen-bond donors (Lipinski definition) is 1. The van der Waals surface area contributed by atoms with Crippen LogP contribution in [0, 0.1) is 6.92 Å². The second kappa shape index (κ2) is 6.79. The topological polar surface area (TPSA) is 54.5 Å². The van der Waals surface area contributed by atoms with Crippen molar-refractivity contribution in [3.63, 3.8) is 0 Å². The van der Waals surface area contributed by atoms with Crippen LogP contribution in [0.15, 0.2) is 42.6 Å². The largest absolute Gasteiger partial charge is 0.497 e. The molecule has 1 aliphatic heterocycles. The van der Waals surface area contributed by atoms with Crippen LogP contribution in [-0.4, -0.2) is 36.0 Å². The zero-order chi connectivity index (χ0) is 16.2. The van der Waals surface area contributed by atoms with E-state index in [1.807, 2.05) is 37.3 Å². The van der Waals surface area contributed by atoms with Crippen LogP contribution in [0.2, 0.25) is 0 Å². The lowest BCUT2D eigenvalue weighted by Crippen LogP contribution is -2.45. The minimum Gasteiger partial charge on any atom is -0.497 e. The van der Waals surface area contributed by atoms with E-state index < -0.39 is 0 Å². The summed E-state index contributed by atoms with van der Waals surface area (Å²) >= 11 is 0. The molecule has 23 heavy (non-hydrogen) atoms. The van der Waals surface area contributed by atoms with Gasteiger partial charge in [-0.3, -0.25) is 9.69 Å². The van der Waals surface area contributed by atoms with Gasteiger partial charge in [0.2, 0.25) is 5.91 Å². The lowest BCUT2D eigenvalue weighted by Gasteiger charge is -2.40. The van der Waals surface area contributed by atoms with Gasteiger partial charge in [-0.25, -0.2) is 4.98 Å². The molecule has 1 atom stereocenters. The van der Waals surface area contributed by atoms with Crippen molar-refractivity contribution in [1.29, 1.82) is 0 Å². The van der Waals surface area contributed by atoms with Crippen LogP contribution < -0.4 is 10.1 Å². The number of pyridine rings is 1. The first-order chi connectivity index (χ1) is 11.2. The third-order valence-electron chi connectivity index (χ3n) is 4.13. The third kappa shape index (κ3) is 3.68. The lowest BCUT2D eigenvalue weighted by atomic mass is 9.94. The fraction of sp³-hybridized carbons (Fsp3) is 0.333. The summed E-state index contributed by atoms with van der Waals surface area (Å²) in [6.45, 7) is 3.27. The second-order valence-corrected chi connectivity index (χ2v) is 5.82. The normalized spacial score (nSPS) is 17.4. The fourth-order valence-electron chi connectivity index (χ4n) is 2.76. The molecule has 0 radical (unpaired) electrons. The van der Waals surface area contributed by atoms with Crippen molar-refractivity contribution in [1.82, 2.24) is 9.88 Å². The molecule has 5 nitrogen and oxygen atoms in total. The first-order valence-electron chi connectivity index (χ1n) is 7.76. The van der Waals surface area contributed by atoms with Crippen molar-refractivity contribution < 1.29 is 9.53 Å². The predicted octanol–water partition coefficient (Wildman–Crippen LogP) is 2.78. The van der Waals surface area contributed by atoms with Crippen LogP contribution in [0.3, 0.4) is 0 Å². The van der Waals surface area contributed by atoms with Gasteiger partial charge in [-0.05, 0) is 42.7 Å². The molecule has 2 aromatic rings. The number of hydrogen-bond acceptors (Lipinski definition) is 4. The number of rotatable bonds is 5. The molecule has 1 aromatic carbocycles. The van der Waals surface area contributed by atoms with E-state index in [0.717, 1.165) is 24.3 Å². The maximum absolute atomic E-state index is 12.2. The Balaban J connectivity index is 1.59. The van der Waals surface area contributed by atoms with Crippen molar-refractivity contribution in [2.45, 2.75) is 19.4 Å². The second-order valence-electron chi connectivity index (χ2n) is 5.82. The smallest absolute Gasteiger partial charge is 0.239 e. The average Bonchev–Trinajstić information content (AvgIpc) is 2.54. The van der Waals surface area contributed by atoms with E-state index in [-0.39, 0.29) is 11.9 Å². The number of aromatic nitrogens is 1. The average molecular weight is 311 g/mol. The number of benzene rings is 1. The summed E-state index contributed by atoms with van der Waals surface area (Å²) in [5.74, 6) is 1.41. The Morgan fingerprint density at radius 1 is 1.39 bits per heavy atom. The van der Waals surface area contributed by atoms with Gasteiger partial charge in [0, 0.05) is 18.8 Å². The quantitative estimate of drug-likeness (QED) is 0.922. The van der Waals surface area contributed by atoms with Gasteiger partial charge in [0.05, 0.1) is 13.7 Å². The third-order valence-corrected chi connectivity index (χ3v) is 4.13. The van der Waals surface area contributed by atoms with Crippen LogP contribution in [0.25, 0.3) is 0 Å². The molecular formula is C18H21N3O2. The molecule has 2 heterocycles. The molecule has 0 aliphatic carbocycles. The van der Waals surface area contributed by atoms with Gasteiger partial charge in [0.1, 0.15) is 11.6 Å². The Bertz CT molecular complexity index is 685. The highest BCUT2D eigenvalue weighted by Gasteiger charge is 2.30. The van der Waals surface area contributed by atoms with E-state index in [9.17, 15) is 4.79 Å². The zero-order valence-corrected chi connectivity index (χ0v) is 13.5. The minimum absolute atomic E-state index is 0.0334. The van der Waals surface area contributed by atoms with E-state index in [1.54, 1.807) is 13.3 Å². The van der Waals surface area contributed by atoms with Crippen molar-refractivity contribution in [2.75, 3.05) is 25.5 Å². The fourth-order valence-corrected chi connectivity index (χ4v) is 2.76. The molecule has 1 aliphatic rings. The highest BCUT2D eigenvalue weighted by atomic mass is 16.5. The Kier molecular flexibility index (Phi) is 4.57. The van der Waals surface area contributed by atoms with E-state index >= 15 is 0 Å². The number of aryl methyl sites for hydroxylation is 1. The predicted molar refractivity (Wildman–Crippen MR) is 89.5 cm³/mol. The first kappa shape index (κ1) is 15.5. The summed E-state index contributed by atoms with van der Waals surface area (Å²) in [6, 6.07) is 12.1. The van der Waals surface area contributed by atoms with E-state index in [1.165, 1.54) is 5.56 Å². The molecule has 1 N–H and O–H groups in total. The van der Waals surface area contributed by atoms with Gasteiger partial charge in [0.15, 0.2) is 0 Å². The van der Waals surface area contributed by atoms with Gasteiger partial charge < -0.3 is 10.1 Å². The molecule has 3 rings (SSSR count). The Labute approximate surface area is 136 Å². The molecule has 0 saturated carbocycles. The van der Waals surface area contributed by atoms with E-state index in [2.05, 4.69) is 21.3 Å². The molecule has 0 unspecified atom stereocenters. The number of amides is 1. The van der Waals surface area contributed by atoms with Crippen LogP contribution in [0.4, 0.5) is 5.82 Å². The van der Waals surface area contributed by atoms with Crippen molar-refractivity contribution in [2.24, 2.45) is 0 Å². The highest BCUT2D eigenvalue weighted by molar-refractivity contribution is 5.91. The highest BCUT2D eigenvalue weighted by Crippen LogP contribution is 2.34. The van der Waals surface area contributed by atoms with E-state index in [4.69, 9.17) is 4.74 Å². The lowest BCUT2D eigenvalue weighted by molar-refractivity contribution is -0.119. The maximum Gasteiger partial charge on any atom is 0.239 e. The minimum atomic E-state index is -0.0334.